The van der Waals surface area contributed by atoms with Crippen molar-refractivity contribution < 1.29 is 0 Å². The lowest BCUT2D eigenvalue weighted by Gasteiger charge is -2.56. The standard InChI is InChI=1S/C21H23Cl2N3O/c1-12-2-3-17(16(22)4-12)25-18-11-24-26(20(27)19(18)23)21-8-13-5-14(9-21)7-15(6-13)10-21/h2-4,11,13-15,25H,5-10H2,1H3. The number of benzene rings is 1. The van der Waals surface area contributed by atoms with Crippen LogP contribution in [0.3, 0.4) is 0 Å². The first-order valence-corrected chi connectivity index (χ1v) is 10.5. The highest BCUT2D eigenvalue weighted by Gasteiger charge is 2.53. The zero-order chi connectivity index (χ0) is 18.8. The Morgan fingerprint density at radius 3 is 2.30 bits per heavy atom. The van der Waals surface area contributed by atoms with E-state index in [-0.39, 0.29) is 16.1 Å². The Kier molecular flexibility index (Phi) is 4.07. The Morgan fingerprint density at radius 1 is 1.07 bits per heavy atom. The molecule has 1 heterocycles. The maximum absolute atomic E-state index is 13.1. The van der Waals surface area contributed by atoms with Crippen LogP contribution in [0.15, 0.2) is 29.2 Å². The predicted molar refractivity (Wildman–Crippen MR) is 109 cm³/mol. The molecular weight excluding hydrogens is 381 g/mol. The lowest BCUT2D eigenvalue weighted by Crippen LogP contribution is -2.55. The first-order chi connectivity index (χ1) is 12.9. The van der Waals surface area contributed by atoms with Crippen molar-refractivity contribution in [2.75, 3.05) is 5.32 Å². The van der Waals surface area contributed by atoms with Gasteiger partial charge in [-0.15, -0.1) is 0 Å². The second-order valence-electron chi connectivity index (χ2n) is 8.84. The van der Waals surface area contributed by atoms with Gasteiger partial charge in [0.2, 0.25) is 0 Å². The van der Waals surface area contributed by atoms with Crippen LogP contribution in [0, 0.1) is 24.7 Å². The number of aryl methyl sites for hydroxylation is 1. The molecule has 1 N–H and O–H groups in total. The Morgan fingerprint density at radius 2 is 1.70 bits per heavy atom. The number of nitrogens with one attached hydrogen (secondary N) is 1. The fourth-order valence-electron chi connectivity index (χ4n) is 6.05. The molecule has 0 aliphatic heterocycles. The molecule has 1 aromatic heterocycles. The molecule has 4 nitrogen and oxygen atoms in total. The summed E-state index contributed by atoms with van der Waals surface area (Å²) in [5, 5.41) is 8.54. The third-order valence-corrected chi connectivity index (χ3v) is 7.45. The van der Waals surface area contributed by atoms with Gasteiger partial charge in [-0.25, -0.2) is 4.68 Å². The number of rotatable bonds is 3. The lowest BCUT2D eigenvalue weighted by atomic mass is 9.53. The van der Waals surface area contributed by atoms with E-state index in [1.807, 2.05) is 25.1 Å². The molecule has 4 fully saturated rings. The van der Waals surface area contributed by atoms with E-state index < -0.39 is 0 Å². The minimum absolute atomic E-state index is 0.129. The Bertz CT molecular complexity index is 933. The summed E-state index contributed by atoms with van der Waals surface area (Å²) >= 11 is 12.8. The average molecular weight is 404 g/mol. The van der Waals surface area contributed by atoms with Crippen LogP contribution in [0.4, 0.5) is 11.4 Å². The number of hydrogen-bond donors (Lipinski definition) is 1. The summed E-state index contributed by atoms with van der Waals surface area (Å²) in [6.07, 6.45) is 8.86. The second kappa shape index (κ2) is 6.25. The quantitative estimate of drug-likeness (QED) is 0.732. The maximum Gasteiger partial charge on any atom is 0.288 e. The molecule has 27 heavy (non-hydrogen) atoms. The molecule has 142 valence electrons. The van der Waals surface area contributed by atoms with Gasteiger partial charge in [0.1, 0.15) is 5.02 Å². The van der Waals surface area contributed by atoms with Gasteiger partial charge in [-0.3, -0.25) is 4.79 Å². The molecule has 4 aliphatic carbocycles. The van der Waals surface area contributed by atoms with Crippen LogP contribution >= 0.6 is 23.2 Å². The molecule has 0 saturated heterocycles. The van der Waals surface area contributed by atoms with Crippen molar-refractivity contribution in [2.24, 2.45) is 17.8 Å². The van der Waals surface area contributed by atoms with Crippen LogP contribution in [0.1, 0.15) is 44.1 Å². The van der Waals surface area contributed by atoms with Gasteiger partial charge >= 0.3 is 0 Å². The van der Waals surface area contributed by atoms with Crippen LogP contribution in [-0.4, -0.2) is 9.78 Å². The molecule has 6 rings (SSSR count). The van der Waals surface area contributed by atoms with Crippen molar-refractivity contribution in [3.63, 3.8) is 0 Å². The van der Waals surface area contributed by atoms with E-state index in [9.17, 15) is 4.79 Å². The molecule has 4 bridgehead atoms. The minimum atomic E-state index is -0.188. The van der Waals surface area contributed by atoms with Gasteiger partial charge in [0.25, 0.3) is 5.56 Å². The number of aromatic nitrogens is 2. The van der Waals surface area contributed by atoms with E-state index in [0.717, 1.165) is 48.3 Å². The third kappa shape index (κ3) is 2.89. The minimum Gasteiger partial charge on any atom is -0.352 e. The van der Waals surface area contributed by atoms with Gasteiger partial charge in [0.15, 0.2) is 0 Å². The van der Waals surface area contributed by atoms with E-state index in [2.05, 4.69) is 10.4 Å². The molecule has 0 spiro atoms. The van der Waals surface area contributed by atoms with Crippen molar-refractivity contribution in [3.8, 4) is 0 Å². The normalized spacial score (nSPS) is 31.3. The Labute approximate surface area is 168 Å². The monoisotopic (exact) mass is 403 g/mol. The lowest BCUT2D eigenvalue weighted by molar-refractivity contribution is -0.0518. The van der Waals surface area contributed by atoms with Gasteiger partial charge in [-0.2, -0.15) is 5.10 Å². The zero-order valence-electron chi connectivity index (χ0n) is 15.3. The highest BCUT2D eigenvalue weighted by molar-refractivity contribution is 6.34. The van der Waals surface area contributed by atoms with Crippen molar-refractivity contribution in [1.82, 2.24) is 9.78 Å². The molecule has 0 unspecified atom stereocenters. The topological polar surface area (TPSA) is 46.9 Å². The molecule has 0 atom stereocenters. The molecule has 0 amide bonds. The fraction of sp³-hybridized carbons (Fsp3) is 0.524. The van der Waals surface area contributed by atoms with Gasteiger partial charge < -0.3 is 5.32 Å². The molecule has 4 saturated carbocycles. The summed E-state index contributed by atoms with van der Waals surface area (Å²) < 4.78 is 1.71. The predicted octanol–water partition coefficient (Wildman–Crippen LogP) is 5.53. The molecule has 1 aromatic carbocycles. The SMILES string of the molecule is Cc1ccc(Nc2cnn(C34CC5CC(CC(C5)C3)C4)c(=O)c2Cl)c(Cl)c1. The molecule has 2 aromatic rings. The largest absolute Gasteiger partial charge is 0.352 e. The van der Waals surface area contributed by atoms with Crippen molar-refractivity contribution in [3.05, 3.63) is 50.4 Å². The highest BCUT2D eigenvalue weighted by atomic mass is 35.5. The first-order valence-electron chi connectivity index (χ1n) is 9.75. The fourth-order valence-corrected chi connectivity index (χ4v) is 6.51. The summed E-state index contributed by atoms with van der Waals surface area (Å²) in [5.74, 6) is 2.23. The summed E-state index contributed by atoms with van der Waals surface area (Å²) in [5.41, 5.74) is 1.99. The van der Waals surface area contributed by atoms with Gasteiger partial charge in [-0.05, 0) is 80.9 Å². The summed E-state index contributed by atoms with van der Waals surface area (Å²) in [4.78, 5) is 13.1. The van der Waals surface area contributed by atoms with E-state index in [0.29, 0.717) is 10.7 Å². The average Bonchev–Trinajstić information content (AvgIpc) is 2.60. The number of hydrogen-bond acceptors (Lipinski definition) is 3. The Balaban J connectivity index is 1.50. The van der Waals surface area contributed by atoms with Crippen molar-refractivity contribution in [1.29, 1.82) is 0 Å². The van der Waals surface area contributed by atoms with Gasteiger partial charge in [-0.1, -0.05) is 29.3 Å². The molecule has 0 radical (unpaired) electrons. The van der Waals surface area contributed by atoms with Crippen LogP contribution in [0.25, 0.3) is 0 Å². The first kappa shape index (κ1) is 17.6. The van der Waals surface area contributed by atoms with E-state index in [1.54, 1.807) is 10.9 Å². The molecule has 4 aliphatic rings. The highest BCUT2D eigenvalue weighted by Crippen LogP contribution is 2.58. The third-order valence-electron chi connectivity index (χ3n) is 6.77. The molecule has 6 heteroatoms. The van der Waals surface area contributed by atoms with Crippen LogP contribution in [0.2, 0.25) is 10.0 Å². The van der Waals surface area contributed by atoms with Crippen LogP contribution in [0.5, 0.6) is 0 Å². The second-order valence-corrected chi connectivity index (χ2v) is 9.62. The van der Waals surface area contributed by atoms with E-state index in [1.165, 1.54) is 19.3 Å². The summed E-state index contributed by atoms with van der Waals surface area (Å²) in [6, 6.07) is 5.73. The van der Waals surface area contributed by atoms with Crippen LogP contribution in [-0.2, 0) is 5.54 Å². The number of nitrogens with zero attached hydrogens (tertiary/aromatic N) is 2. The number of halogens is 2. The van der Waals surface area contributed by atoms with E-state index >= 15 is 0 Å². The van der Waals surface area contributed by atoms with E-state index in [4.69, 9.17) is 23.2 Å². The molecular formula is C21H23Cl2N3O. The van der Waals surface area contributed by atoms with Crippen molar-refractivity contribution >= 4 is 34.6 Å². The summed E-state index contributed by atoms with van der Waals surface area (Å²) in [6.45, 7) is 1.98. The maximum atomic E-state index is 13.1. The summed E-state index contributed by atoms with van der Waals surface area (Å²) in [7, 11) is 0. The van der Waals surface area contributed by atoms with Gasteiger partial charge in [0, 0.05) is 0 Å². The smallest absolute Gasteiger partial charge is 0.288 e. The zero-order valence-corrected chi connectivity index (χ0v) is 16.9. The van der Waals surface area contributed by atoms with Crippen molar-refractivity contribution in [2.45, 2.75) is 51.0 Å². The Hall–Kier alpha value is -1.52. The van der Waals surface area contributed by atoms with Gasteiger partial charge in [0.05, 0.1) is 28.1 Å². The van der Waals surface area contributed by atoms with Crippen LogP contribution < -0.4 is 10.9 Å². The number of anilines is 2.